The number of ether oxygens (including phenoxy) is 3. The average Bonchev–Trinajstić information content (AvgIpc) is 2.64. The summed E-state index contributed by atoms with van der Waals surface area (Å²) in [5.74, 6) is -0.0992. The van der Waals surface area contributed by atoms with E-state index in [1.165, 1.54) is 14.2 Å². The van der Waals surface area contributed by atoms with E-state index in [1.54, 1.807) is 48.5 Å². The maximum Gasteiger partial charge on any atom is 0.343 e. The van der Waals surface area contributed by atoms with Crippen molar-refractivity contribution < 1.29 is 24.1 Å². The average molecular weight is 324 g/mol. The molecule has 0 fully saturated rings. The lowest BCUT2D eigenvalue weighted by molar-refractivity contribution is 0.0731. The van der Waals surface area contributed by atoms with Crippen LogP contribution in [0.15, 0.2) is 54.6 Å². The smallest absolute Gasteiger partial charge is 0.343 e. The highest BCUT2D eigenvalue weighted by Gasteiger charge is 2.24. The van der Waals surface area contributed by atoms with Gasteiger partial charge in [0.15, 0.2) is 11.5 Å². The number of phenolic OH excluding ortho intramolecular Hbond substituents is 1. The fraction of sp³-hybridized carbons (Fsp3) is 0.105. The van der Waals surface area contributed by atoms with Crippen molar-refractivity contribution in [2.45, 2.75) is 0 Å². The van der Waals surface area contributed by atoms with E-state index in [0.29, 0.717) is 16.3 Å². The fourth-order valence-corrected chi connectivity index (χ4v) is 2.54. The normalized spacial score (nSPS) is 10.4. The van der Waals surface area contributed by atoms with Gasteiger partial charge in [0.25, 0.3) is 0 Å². The molecule has 0 aromatic heterocycles. The molecule has 122 valence electrons. The number of fused-ring (bicyclic) bond motifs is 1. The Bertz CT molecular complexity index is 887. The second-order valence-electron chi connectivity index (χ2n) is 5.05. The number of carbonyl (C=O) groups excluding carboxylic acids is 1. The van der Waals surface area contributed by atoms with E-state index < -0.39 is 5.97 Å². The van der Waals surface area contributed by atoms with Gasteiger partial charge >= 0.3 is 5.97 Å². The SMILES string of the molecule is COc1c(OC)c(OC(=O)c2ccccc2)c2ccccc2c1O. The number of hydrogen-bond acceptors (Lipinski definition) is 5. The van der Waals surface area contributed by atoms with Crippen molar-refractivity contribution in [1.82, 2.24) is 0 Å². The molecule has 0 heterocycles. The highest BCUT2D eigenvalue weighted by atomic mass is 16.6. The summed E-state index contributed by atoms with van der Waals surface area (Å²) in [6.45, 7) is 0. The minimum Gasteiger partial charge on any atom is -0.504 e. The monoisotopic (exact) mass is 324 g/mol. The lowest BCUT2D eigenvalue weighted by Gasteiger charge is -2.17. The largest absolute Gasteiger partial charge is 0.504 e. The van der Waals surface area contributed by atoms with Crippen molar-refractivity contribution in [2.75, 3.05) is 14.2 Å². The zero-order valence-electron chi connectivity index (χ0n) is 13.3. The molecule has 0 aliphatic carbocycles. The molecule has 0 bridgehead atoms. The van der Waals surface area contributed by atoms with E-state index in [2.05, 4.69) is 0 Å². The van der Waals surface area contributed by atoms with Gasteiger partial charge in [0.05, 0.1) is 19.8 Å². The van der Waals surface area contributed by atoms with Crippen molar-refractivity contribution in [3.63, 3.8) is 0 Å². The van der Waals surface area contributed by atoms with Crippen LogP contribution in [0.4, 0.5) is 0 Å². The van der Waals surface area contributed by atoms with Gasteiger partial charge in [-0.1, -0.05) is 42.5 Å². The minimum absolute atomic E-state index is 0.0653. The van der Waals surface area contributed by atoms with Crippen LogP contribution < -0.4 is 14.2 Å². The summed E-state index contributed by atoms with van der Waals surface area (Å²) < 4.78 is 16.1. The van der Waals surface area contributed by atoms with Crippen LogP contribution in [0, 0.1) is 0 Å². The summed E-state index contributed by atoms with van der Waals surface area (Å²) in [5.41, 5.74) is 0.413. The standard InChI is InChI=1S/C19H16O5/c1-22-17-15(20)13-10-6-7-11-14(13)16(18(17)23-2)24-19(21)12-8-4-3-5-9-12/h3-11,20H,1-2H3. The Hall–Kier alpha value is -3.21. The van der Waals surface area contributed by atoms with E-state index in [4.69, 9.17) is 14.2 Å². The number of rotatable bonds is 4. The molecule has 0 aliphatic rings. The first-order chi connectivity index (χ1) is 11.7. The van der Waals surface area contributed by atoms with Crippen molar-refractivity contribution in [1.29, 1.82) is 0 Å². The van der Waals surface area contributed by atoms with Crippen molar-refractivity contribution in [3.05, 3.63) is 60.2 Å². The van der Waals surface area contributed by atoms with E-state index in [9.17, 15) is 9.90 Å². The Morgan fingerprint density at radius 2 is 1.38 bits per heavy atom. The Balaban J connectivity index is 2.19. The molecule has 0 aliphatic heterocycles. The summed E-state index contributed by atoms with van der Waals surface area (Å²) in [6, 6.07) is 15.7. The minimum atomic E-state index is -0.521. The third-order valence-electron chi connectivity index (χ3n) is 3.67. The van der Waals surface area contributed by atoms with Crippen LogP contribution in [0.25, 0.3) is 10.8 Å². The highest BCUT2D eigenvalue weighted by Crippen LogP contribution is 2.50. The van der Waals surface area contributed by atoms with Crippen molar-refractivity contribution in [3.8, 4) is 23.0 Å². The van der Waals surface area contributed by atoms with Crippen LogP contribution in [0.3, 0.4) is 0 Å². The number of esters is 1. The summed E-state index contributed by atoms with van der Waals surface area (Å²) in [4.78, 5) is 12.4. The third kappa shape index (κ3) is 2.60. The third-order valence-corrected chi connectivity index (χ3v) is 3.67. The van der Waals surface area contributed by atoms with Crippen LogP contribution in [0.5, 0.6) is 23.0 Å². The summed E-state index contributed by atoms with van der Waals surface area (Å²) in [7, 11) is 2.83. The van der Waals surface area contributed by atoms with E-state index in [1.807, 2.05) is 6.07 Å². The molecule has 0 spiro atoms. The lowest BCUT2D eigenvalue weighted by Crippen LogP contribution is -2.10. The fourth-order valence-electron chi connectivity index (χ4n) is 2.54. The Morgan fingerprint density at radius 1 is 0.792 bits per heavy atom. The number of carbonyl (C=O) groups is 1. The first-order valence-corrected chi connectivity index (χ1v) is 7.30. The lowest BCUT2D eigenvalue weighted by atomic mass is 10.1. The van der Waals surface area contributed by atoms with E-state index in [-0.39, 0.29) is 23.0 Å². The Labute approximate surface area is 139 Å². The number of methoxy groups -OCH3 is 2. The van der Waals surface area contributed by atoms with Gasteiger partial charge in [-0.3, -0.25) is 0 Å². The molecule has 0 amide bonds. The molecule has 0 unspecified atom stereocenters. The molecule has 0 saturated heterocycles. The predicted octanol–water partition coefficient (Wildman–Crippen LogP) is 3.78. The first-order valence-electron chi connectivity index (χ1n) is 7.30. The maximum absolute atomic E-state index is 12.4. The summed E-state index contributed by atoms with van der Waals surface area (Å²) >= 11 is 0. The quantitative estimate of drug-likeness (QED) is 0.584. The van der Waals surface area contributed by atoms with Gasteiger partial charge in [-0.2, -0.15) is 0 Å². The molecular formula is C19H16O5. The Kier molecular flexibility index (Phi) is 4.24. The molecule has 3 aromatic carbocycles. The van der Waals surface area contributed by atoms with E-state index in [0.717, 1.165) is 0 Å². The van der Waals surface area contributed by atoms with Gasteiger partial charge < -0.3 is 19.3 Å². The second-order valence-corrected chi connectivity index (χ2v) is 5.05. The Morgan fingerprint density at radius 3 is 2.00 bits per heavy atom. The second kappa shape index (κ2) is 6.50. The molecule has 0 radical (unpaired) electrons. The van der Waals surface area contributed by atoms with Crippen LogP contribution in [-0.2, 0) is 0 Å². The van der Waals surface area contributed by atoms with Gasteiger partial charge in [0.2, 0.25) is 11.5 Å². The van der Waals surface area contributed by atoms with Crippen LogP contribution >= 0.6 is 0 Å². The zero-order valence-corrected chi connectivity index (χ0v) is 13.3. The van der Waals surface area contributed by atoms with Gasteiger partial charge in [-0.25, -0.2) is 4.79 Å². The topological polar surface area (TPSA) is 65.0 Å². The zero-order chi connectivity index (χ0) is 17.1. The molecule has 5 heteroatoms. The predicted molar refractivity (Wildman–Crippen MR) is 90.1 cm³/mol. The number of hydrogen-bond donors (Lipinski definition) is 1. The molecule has 5 nitrogen and oxygen atoms in total. The van der Waals surface area contributed by atoms with Gasteiger partial charge in [0, 0.05) is 10.8 Å². The number of aromatic hydroxyl groups is 1. The van der Waals surface area contributed by atoms with Crippen molar-refractivity contribution >= 4 is 16.7 Å². The molecule has 1 N–H and O–H groups in total. The van der Waals surface area contributed by atoms with Crippen LogP contribution in [-0.4, -0.2) is 25.3 Å². The van der Waals surface area contributed by atoms with Crippen LogP contribution in [0.2, 0.25) is 0 Å². The molecule has 0 saturated carbocycles. The molecule has 24 heavy (non-hydrogen) atoms. The number of benzene rings is 3. The first kappa shape index (κ1) is 15.7. The van der Waals surface area contributed by atoms with Gasteiger partial charge in [0.1, 0.15) is 0 Å². The summed E-state index contributed by atoms with van der Waals surface area (Å²) in [5, 5.41) is 11.4. The molecular weight excluding hydrogens is 308 g/mol. The highest BCUT2D eigenvalue weighted by molar-refractivity contribution is 6.01. The van der Waals surface area contributed by atoms with E-state index >= 15 is 0 Å². The molecule has 3 aromatic rings. The van der Waals surface area contributed by atoms with Crippen molar-refractivity contribution in [2.24, 2.45) is 0 Å². The van der Waals surface area contributed by atoms with Crippen LogP contribution in [0.1, 0.15) is 10.4 Å². The molecule has 3 rings (SSSR count). The van der Waals surface area contributed by atoms with Gasteiger partial charge in [-0.15, -0.1) is 0 Å². The number of phenols is 1. The van der Waals surface area contributed by atoms with Gasteiger partial charge in [-0.05, 0) is 12.1 Å². The molecule has 0 atom stereocenters. The maximum atomic E-state index is 12.4. The summed E-state index contributed by atoms with van der Waals surface area (Å²) in [6.07, 6.45) is 0.